The number of aromatic nitrogens is 1. The van der Waals surface area contributed by atoms with E-state index in [0.29, 0.717) is 17.2 Å². The minimum absolute atomic E-state index is 0.121. The Bertz CT molecular complexity index is 387. The highest BCUT2D eigenvalue weighted by Gasteiger charge is 2.12. The van der Waals surface area contributed by atoms with Crippen molar-refractivity contribution < 1.29 is 0 Å². The van der Waals surface area contributed by atoms with Crippen molar-refractivity contribution in [2.24, 2.45) is 16.5 Å². The zero-order valence-corrected chi connectivity index (χ0v) is 8.99. The van der Waals surface area contributed by atoms with Crippen LogP contribution in [0.1, 0.15) is 31.1 Å². The summed E-state index contributed by atoms with van der Waals surface area (Å²) in [6, 6.07) is -0.121. The van der Waals surface area contributed by atoms with E-state index in [1.54, 1.807) is 18.5 Å². The van der Waals surface area contributed by atoms with Crippen molar-refractivity contribution in [3.05, 3.63) is 29.7 Å². The number of nitrogens with two attached hydrogens (primary N) is 3. The number of nitrogens with zero attached hydrogens (tertiary/aromatic N) is 1. The van der Waals surface area contributed by atoms with Crippen LogP contribution in [0.15, 0.2) is 23.5 Å². The number of nitrogen functional groups attached to an aromatic ring is 1. The van der Waals surface area contributed by atoms with Crippen LogP contribution in [0.5, 0.6) is 0 Å². The van der Waals surface area contributed by atoms with Gasteiger partial charge >= 0.3 is 0 Å². The molecule has 15 heavy (non-hydrogen) atoms. The summed E-state index contributed by atoms with van der Waals surface area (Å²) in [5.41, 5.74) is 19.4. The van der Waals surface area contributed by atoms with Crippen LogP contribution in [0.3, 0.4) is 0 Å². The van der Waals surface area contributed by atoms with E-state index in [1.807, 2.05) is 13.8 Å². The minimum atomic E-state index is -0.121. The van der Waals surface area contributed by atoms with Crippen molar-refractivity contribution in [1.82, 2.24) is 4.98 Å². The predicted molar refractivity (Wildman–Crippen MR) is 63.3 cm³/mol. The quantitative estimate of drug-likeness (QED) is 0.436. The molecule has 0 radical (unpaired) electrons. The summed E-state index contributed by atoms with van der Waals surface area (Å²) in [4.78, 5) is 6.98. The van der Waals surface area contributed by atoms with Crippen molar-refractivity contribution in [1.29, 1.82) is 0 Å². The molecule has 0 aliphatic rings. The molecule has 0 spiro atoms. The van der Waals surface area contributed by atoms with Crippen molar-refractivity contribution in [2.45, 2.75) is 19.9 Å². The van der Waals surface area contributed by atoms with Gasteiger partial charge < -0.3 is 22.2 Å². The van der Waals surface area contributed by atoms with Gasteiger partial charge in [-0.2, -0.15) is 0 Å². The number of amidine groups is 1. The number of H-pyrrole nitrogens is 1. The second-order valence-electron chi connectivity index (χ2n) is 3.32. The molecule has 1 aromatic heterocycles. The van der Waals surface area contributed by atoms with Crippen molar-refractivity contribution >= 4 is 11.5 Å². The minimum Gasteiger partial charge on any atom is -0.397 e. The van der Waals surface area contributed by atoms with Gasteiger partial charge in [0, 0.05) is 24.0 Å². The van der Waals surface area contributed by atoms with Crippen LogP contribution in [-0.2, 0) is 0 Å². The van der Waals surface area contributed by atoms with Gasteiger partial charge in [-0.05, 0) is 13.8 Å². The highest BCUT2D eigenvalue weighted by atomic mass is 14.9. The molecule has 82 valence electrons. The topological polar surface area (TPSA) is 106 Å². The van der Waals surface area contributed by atoms with Crippen LogP contribution < -0.4 is 17.2 Å². The van der Waals surface area contributed by atoms with Gasteiger partial charge in [0.15, 0.2) is 0 Å². The number of rotatable bonds is 3. The first-order valence-corrected chi connectivity index (χ1v) is 4.75. The number of aromatic amines is 1. The highest BCUT2D eigenvalue weighted by molar-refractivity contribution is 6.01. The normalized spacial score (nSPS) is 14.7. The number of anilines is 1. The number of aliphatic imine (C=N–C) groups is 1. The summed E-state index contributed by atoms with van der Waals surface area (Å²) in [5.74, 6) is 0.359. The molecule has 1 aromatic rings. The van der Waals surface area contributed by atoms with E-state index in [2.05, 4.69) is 9.98 Å². The van der Waals surface area contributed by atoms with Gasteiger partial charge in [-0.25, -0.2) is 4.99 Å². The van der Waals surface area contributed by atoms with Crippen molar-refractivity contribution in [3.63, 3.8) is 0 Å². The van der Waals surface area contributed by atoms with Gasteiger partial charge in [-0.15, -0.1) is 0 Å². The summed E-state index contributed by atoms with van der Waals surface area (Å²) < 4.78 is 0. The van der Waals surface area contributed by atoms with E-state index in [0.717, 1.165) is 5.56 Å². The lowest BCUT2D eigenvalue weighted by Crippen LogP contribution is -2.16. The van der Waals surface area contributed by atoms with Gasteiger partial charge in [0.2, 0.25) is 0 Å². The Morgan fingerprint density at radius 3 is 2.73 bits per heavy atom. The molecule has 5 heteroatoms. The first kappa shape index (κ1) is 11.3. The van der Waals surface area contributed by atoms with Gasteiger partial charge in [-0.3, -0.25) is 0 Å². The molecular weight excluding hydrogens is 190 g/mol. The molecule has 0 fully saturated rings. The first-order chi connectivity index (χ1) is 7.07. The van der Waals surface area contributed by atoms with Crippen LogP contribution in [0.25, 0.3) is 0 Å². The van der Waals surface area contributed by atoms with Crippen LogP contribution >= 0.6 is 0 Å². The Kier molecular flexibility index (Phi) is 3.51. The summed E-state index contributed by atoms with van der Waals surface area (Å²) in [7, 11) is 0. The fourth-order valence-electron chi connectivity index (χ4n) is 1.26. The van der Waals surface area contributed by atoms with Crippen LogP contribution in [0.2, 0.25) is 0 Å². The largest absolute Gasteiger partial charge is 0.397 e. The van der Waals surface area contributed by atoms with Crippen LogP contribution in [0.4, 0.5) is 5.69 Å². The van der Waals surface area contributed by atoms with E-state index in [9.17, 15) is 0 Å². The van der Waals surface area contributed by atoms with Crippen molar-refractivity contribution in [3.8, 4) is 0 Å². The van der Waals surface area contributed by atoms with Gasteiger partial charge in [0.05, 0.1) is 5.69 Å². The Balaban J connectivity index is 3.06. The molecule has 0 saturated heterocycles. The third-order valence-corrected chi connectivity index (χ3v) is 2.06. The van der Waals surface area contributed by atoms with E-state index < -0.39 is 0 Å². The summed E-state index contributed by atoms with van der Waals surface area (Å²) in [6.07, 6.45) is 5.16. The Labute approximate surface area is 89.1 Å². The zero-order valence-electron chi connectivity index (χ0n) is 8.99. The Hall–Kier alpha value is -1.75. The number of allylic oxidation sites excluding steroid dienone is 1. The molecule has 1 heterocycles. The fraction of sp³-hybridized carbons (Fsp3) is 0.300. The third-order valence-electron chi connectivity index (χ3n) is 2.06. The smallest absolute Gasteiger partial charge is 0.149 e. The van der Waals surface area contributed by atoms with Gasteiger partial charge in [-0.1, -0.05) is 6.08 Å². The van der Waals surface area contributed by atoms with E-state index in [-0.39, 0.29) is 6.04 Å². The van der Waals surface area contributed by atoms with Crippen molar-refractivity contribution in [2.75, 3.05) is 5.73 Å². The second kappa shape index (κ2) is 4.65. The summed E-state index contributed by atoms with van der Waals surface area (Å²) in [5, 5.41) is 0. The van der Waals surface area contributed by atoms with Gasteiger partial charge in [0.25, 0.3) is 0 Å². The standard InChI is InChI=1S/C10H17N5/c1-3-4-14-10(13)9-8(12)7(5-15-9)6(2)11/h3-6,15H,11-12H2,1-2H3,(H2,13,14)/b4-3-. The maximum absolute atomic E-state index is 5.88. The molecule has 0 saturated carbocycles. The maximum Gasteiger partial charge on any atom is 0.149 e. The monoisotopic (exact) mass is 207 g/mol. The molecule has 1 rings (SSSR count). The average Bonchev–Trinajstić information content (AvgIpc) is 2.56. The molecule has 0 aliphatic heterocycles. The average molecular weight is 207 g/mol. The lowest BCUT2D eigenvalue weighted by atomic mass is 10.1. The molecule has 0 bridgehead atoms. The zero-order chi connectivity index (χ0) is 11.4. The number of hydrogen-bond acceptors (Lipinski definition) is 3. The third kappa shape index (κ3) is 2.38. The lowest BCUT2D eigenvalue weighted by Gasteiger charge is -2.04. The number of hydrogen-bond donors (Lipinski definition) is 4. The molecule has 1 unspecified atom stereocenters. The van der Waals surface area contributed by atoms with E-state index in [1.165, 1.54) is 0 Å². The Morgan fingerprint density at radius 1 is 1.60 bits per heavy atom. The highest BCUT2D eigenvalue weighted by Crippen LogP contribution is 2.21. The summed E-state index contributed by atoms with van der Waals surface area (Å²) >= 11 is 0. The fourth-order valence-corrected chi connectivity index (χ4v) is 1.26. The van der Waals surface area contributed by atoms with E-state index in [4.69, 9.17) is 17.2 Å². The Morgan fingerprint density at radius 2 is 2.27 bits per heavy atom. The maximum atomic E-state index is 5.88. The number of nitrogens with one attached hydrogen (secondary N) is 1. The molecular formula is C10H17N5. The molecule has 0 aliphatic carbocycles. The molecule has 0 amide bonds. The molecule has 7 N–H and O–H groups in total. The lowest BCUT2D eigenvalue weighted by molar-refractivity contribution is 0.822. The molecule has 1 atom stereocenters. The van der Waals surface area contributed by atoms with Gasteiger partial charge in [0.1, 0.15) is 11.5 Å². The van der Waals surface area contributed by atoms with Crippen LogP contribution in [-0.4, -0.2) is 10.8 Å². The SMILES string of the molecule is C/C=C\N=C(\N)c1[nH]cc(C(C)N)c1N. The molecule has 0 aromatic carbocycles. The first-order valence-electron chi connectivity index (χ1n) is 4.75. The summed E-state index contributed by atoms with van der Waals surface area (Å²) in [6.45, 7) is 3.73. The molecule has 5 nitrogen and oxygen atoms in total. The van der Waals surface area contributed by atoms with E-state index >= 15 is 0 Å². The van der Waals surface area contributed by atoms with Crippen LogP contribution in [0, 0.1) is 0 Å². The predicted octanol–water partition coefficient (Wildman–Crippen LogP) is 0.856. The second-order valence-corrected chi connectivity index (χ2v) is 3.32.